The first-order chi connectivity index (χ1) is 9.10. The summed E-state index contributed by atoms with van der Waals surface area (Å²) in [5.41, 5.74) is 0.321. The number of amides is 1. The molecule has 1 fully saturated rings. The Balaban J connectivity index is 2.17. The van der Waals surface area contributed by atoms with Gasteiger partial charge in [0.2, 0.25) is 0 Å². The fourth-order valence-corrected chi connectivity index (χ4v) is 2.96. The Labute approximate surface area is 113 Å². The fourth-order valence-electron chi connectivity index (χ4n) is 2.96. The van der Waals surface area contributed by atoms with Gasteiger partial charge in [0, 0.05) is 19.2 Å². The van der Waals surface area contributed by atoms with Gasteiger partial charge >= 0.3 is 5.97 Å². The van der Waals surface area contributed by atoms with Gasteiger partial charge in [-0.2, -0.15) is 0 Å². The Bertz CT molecular complexity index is 408. The number of hydrogen-bond acceptors (Lipinski definition) is 4. The molecule has 0 saturated heterocycles. The summed E-state index contributed by atoms with van der Waals surface area (Å²) in [7, 11) is 1.58. The van der Waals surface area contributed by atoms with Gasteiger partial charge in [-0.25, -0.2) is 4.79 Å². The molecular formula is C14H21NO4. The van der Waals surface area contributed by atoms with E-state index in [0.29, 0.717) is 24.3 Å². The summed E-state index contributed by atoms with van der Waals surface area (Å²) in [4.78, 5) is 24.1. The van der Waals surface area contributed by atoms with Crippen LogP contribution < -0.4 is 5.32 Å². The van der Waals surface area contributed by atoms with Crippen LogP contribution in [-0.2, 0) is 19.1 Å². The zero-order valence-corrected chi connectivity index (χ0v) is 11.6. The second-order valence-electron chi connectivity index (χ2n) is 5.19. The highest BCUT2D eigenvalue weighted by molar-refractivity contribution is 6.07. The molecule has 106 valence electrons. The van der Waals surface area contributed by atoms with Crippen LogP contribution in [0.2, 0.25) is 0 Å². The van der Waals surface area contributed by atoms with E-state index in [-0.39, 0.29) is 11.9 Å². The minimum absolute atomic E-state index is 0.192. The number of carbonyl (C=O) groups excluding carboxylic acids is 2. The van der Waals surface area contributed by atoms with Gasteiger partial charge in [0.25, 0.3) is 5.91 Å². The minimum Gasteiger partial charge on any atom is -0.451 e. The van der Waals surface area contributed by atoms with Crippen molar-refractivity contribution in [3.8, 4) is 0 Å². The first-order valence-electron chi connectivity index (χ1n) is 6.82. The number of esters is 1. The van der Waals surface area contributed by atoms with Crippen LogP contribution in [0.3, 0.4) is 0 Å². The van der Waals surface area contributed by atoms with E-state index >= 15 is 0 Å². The Morgan fingerprint density at radius 2 is 2.05 bits per heavy atom. The van der Waals surface area contributed by atoms with Crippen molar-refractivity contribution in [2.45, 2.75) is 44.6 Å². The largest absolute Gasteiger partial charge is 0.451 e. The van der Waals surface area contributed by atoms with Gasteiger partial charge in [0.05, 0.1) is 12.2 Å². The molecule has 0 atom stereocenters. The molecule has 1 saturated carbocycles. The Hall–Kier alpha value is -1.36. The van der Waals surface area contributed by atoms with E-state index in [0.717, 1.165) is 32.1 Å². The molecule has 1 N–H and O–H groups in total. The highest BCUT2D eigenvalue weighted by atomic mass is 16.6. The summed E-state index contributed by atoms with van der Waals surface area (Å²) >= 11 is 0. The van der Waals surface area contributed by atoms with E-state index in [1.54, 1.807) is 14.0 Å². The molecule has 19 heavy (non-hydrogen) atoms. The molecule has 0 aromatic rings. The number of ether oxygens (including phenoxy) is 2. The SMILES string of the molecule is COCCNC(=O)C1=C(C)C(=O)OC12CCCCC2. The molecule has 0 aromatic heterocycles. The van der Waals surface area contributed by atoms with Gasteiger partial charge < -0.3 is 14.8 Å². The van der Waals surface area contributed by atoms with Crippen molar-refractivity contribution in [1.82, 2.24) is 5.32 Å². The molecule has 2 rings (SSSR count). The van der Waals surface area contributed by atoms with Crippen LogP contribution in [0.4, 0.5) is 0 Å². The summed E-state index contributed by atoms with van der Waals surface area (Å²) in [5, 5.41) is 2.79. The summed E-state index contributed by atoms with van der Waals surface area (Å²) in [6.45, 7) is 2.58. The fraction of sp³-hybridized carbons (Fsp3) is 0.714. The molecule has 1 spiro atoms. The molecule has 5 heteroatoms. The molecule has 1 aliphatic heterocycles. The van der Waals surface area contributed by atoms with Gasteiger partial charge in [-0.1, -0.05) is 6.42 Å². The Kier molecular flexibility index (Phi) is 4.24. The third-order valence-corrected chi connectivity index (χ3v) is 3.90. The third-order valence-electron chi connectivity index (χ3n) is 3.90. The van der Waals surface area contributed by atoms with E-state index in [1.165, 1.54) is 0 Å². The normalized spacial score (nSPS) is 21.7. The molecule has 0 unspecified atom stereocenters. The summed E-state index contributed by atoms with van der Waals surface area (Å²) in [6.07, 6.45) is 4.63. The smallest absolute Gasteiger partial charge is 0.335 e. The zero-order chi connectivity index (χ0) is 13.9. The van der Waals surface area contributed by atoms with Gasteiger partial charge in [0.1, 0.15) is 5.60 Å². The predicted octanol–water partition coefficient (Wildman–Crippen LogP) is 1.33. The average molecular weight is 267 g/mol. The predicted molar refractivity (Wildman–Crippen MR) is 69.5 cm³/mol. The lowest BCUT2D eigenvalue weighted by Crippen LogP contribution is -2.41. The second-order valence-corrected chi connectivity index (χ2v) is 5.19. The molecular weight excluding hydrogens is 246 g/mol. The van der Waals surface area contributed by atoms with E-state index in [4.69, 9.17) is 9.47 Å². The zero-order valence-electron chi connectivity index (χ0n) is 11.6. The summed E-state index contributed by atoms with van der Waals surface area (Å²) in [5.74, 6) is -0.541. The van der Waals surface area contributed by atoms with E-state index in [2.05, 4.69) is 5.32 Å². The maximum absolute atomic E-state index is 12.3. The van der Waals surface area contributed by atoms with Crippen LogP contribution in [0.25, 0.3) is 0 Å². The third kappa shape index (κ3) is 2.66. The van der Waals surface area contributed by atoms with Gasteiger partial charge in [-0.3, -0.25) is 4.79 Å². The second kappa shape index (κ2) is 5.74. The lowest BCUT2D eigenvalue weighted by atomic mass is 9.78. The number of nitrogens with one attached hydrogen (secondary N) is 1. The highest BCUT2D eigenvalue weighted by Crippen LogP contribution is 2.43. The Morgan fingerprint density at radius 3 is 2.68 bits per heavy atom. The van der Waals surface area contributed by atoms with Gasteiger partial charge in [-0.05, 0) is 32.6 Å². The molecule has 1 heterocycles. The van der Waals surface area contributed by atoms with Crippen molar-refractivity contribution in [2.75, 3.05) is 20.3 Å². The van der Waals surface area contributed by atoms with Crippen molar-refractivity contribution in [1.29, 1.82) is 0 Å². The lowest BCUT2D eigenvalue weighted by Gasteiger charge is -2.34. The average Bonchev–Trinajstić information content (AvgIpc) is 2.62. The monoisotopic (exact) mass is 267 g/mol. The topological polar surface area (TPSA) is 64.6 Å². The summed E-state index contributed by atoms with van der Waals surface area (Å²) < 4.78 is 10.4. The van der Waals surface area contributed by atoms with Gasteiger partial charge in [0.15, 0.2) is 0 Å². The van der Waals surface area contributed by atoms with Crippen LogP contribution >= 0.6 is 0 Å². The first kappa shape index (κ1) is 14.1. The number of hydrogen-bond donors (Lipinski definition) is 1. The standard InChI is InChI=1S/C14H21NO4/c1-10-11(12(16)15-8-9-18-2)14(19-13(10)17)6-4-3-5-7-14/h3-9H2,1-2H3,(H,15,16). The molecule has 1 aliphatic carbocycles. The van der Waals surface area contributed by atoms with Gasteiger partial charge in [-0.15, -0.1) is 0 Å². The lowest BCUT2D eigenvalue weighted by molar-refractivity contribution is -0.149. The first-order valence-corrected chi connectivity index (χ1v) is 6.82. The number of carbonyl (C=O) groups is 2. The van der Waals surface area contributed by atoms with Crippen molar-refractivity contribution in [3.05, 3.63) is 11.1 Å². The molecule has 2 aliphatic rings. The minimum atomic E-state index is -0.670. The molecule has 0 radical (unpaired) electrons. The van der Waals surface area contributed by atoms with Crippen LogP contribution in [0.1, 0.15) is 39.0 Å². The quantitative estimate of drug-likeness (QED) is 0.616. The maximum atomic E-state index is 12.3. The Morgan fingerprint density at radius 1 is 1.37 bits per heavy atom. The van der Waals surface area contributed by atoms with Crippen LogP contribution in [0, 0.1) is 0 Å². The van der Waals surface area contributed by atoms with Crippen molar-refractivity contribution in [3.63, 3.8) is 0 Å². The van der Waals surface area contributed by atoms with E-state index in [1.807, 2.05) is 0 Å². The van der Waals surface area contributed by atoms with Crippen LogP contribution in [-0.4, -0.2) is 37.7 Å². The maximum Gasteiger partial charge on any atom is 0.335 e. The van der Waals surface area contributed by atoms with Crippen molar-refractivity contribution >= 4 is 11.9 Å². The molecule has 5 nitrogen and oxygen atoms in total. The summed E-state index contributed by atoms with van der Waals surface area (Å²) in [6, 6.07) is 0. The van der Waals surface area contributed by atoms with E-state index in [9.17, 15) is 9.59 Å². The number of rotatable bonds is 4. The number of methoxy groups -OCH3 is 1. The van der Waals surface area contributed by atoms with Crippen LogP contribution in [0.5, 0.6) is 0 Å². The van der Waals surface area contributed by atoms with Crippen LogP contribution in [0.15, 0.2) is 11.1 Å². The van der Waals surface area contributed by atoms with Crippen molar-refractivity contribution in [2.24, 2.45) is 0 Å². The molecule has 0 aromatic carbocycles. The highest BCUT2D eigenvalue weighted by Gasteiger charge is 2.49. The molecule has 1 amide bonds. The van der Waals surface area contributed by atoms with Crippen molar-refractivity contribution < 1.29 is 19.1 Å². The van der Waals surface area contributed by atoms with E-state index < -0.39 is 5.60 Å². The molecule has 0 bridgehead atoms.